The second-order valence-electron chi connectivity index (χ2n) is 4.92. The van der Waals surface area contributed by atoms with Crippen molar-refractivity contribution in [2.24, 2.45) is 12.2 Å². The Morgan fingerprint density at radius 2 is 1.81 bits per heavy atom. The zero-order valence-electron chi connectivity index (χ0n) is 12.2. The van der Waals surface area contributed by atoms with E-state index in [1.807, 2.05) is 73.1 Å². The zero-order chi connectivity index (χ0) is 14.7. The maximum absolute atomic E-state index is 5.42. The molecule has 0 saturated carbocycles. The highest BCUT2D eigenvalue weighted by Crippen LogP contribution is 2.15. The number of benzene rings is 2. The van der Waals surface area contributed by atoms with Crippen molar-refractivity contribution in [3.8, 4) is 0 Å². The molecule has 0 N–H and O–H groups in total. The van der Waals surface area contributed by atoms with E-state index in [1.165, 1.54) is 0 Å². The van der Waals surface area contributed by atoms with E-state index < -0.39 is 0 Å². The van der Waals surface area contributed by atoms with Crippen molar-refractivity contribution in [2.45, 2.75) is 13.5 Å². The van der Waals surface area contributed by atoms with Crippen LogP contribution in [0.1, 0.15) is 18.3 Å². The van der Waals surface area contributed by atoms with Gasteiger partial charge in [0.1, 0.15) is 12.3 Å². The Bertz CT molecular complexity index is 775. The Kier molecular flexibility index (Phi) is 3.69. The normalized spacial score (nSPS) is 11.8. The molecule has 106 valence electrons. The van der Waals surface area contributed by atoms with E-state index in [2.05, 4.69) is 10.1 Å². The van der Waals surface area contributed by atoms with Crippen LogP contribution in [-0.2, 0) is 18.5 Å². The lowest BCUT2D eigenvalue weighted by atomic mass is 10.2. The summed E-state index contributed by atoms with van der Waals surface area (Å²) in [7, 11) is 1.99. The van der Waals surface area contributed by atoms with Gasteiger partial charge in [-0.05, 0) is 24.6 Å². The number of aryl methyl sites for hydroxylation is 1. The fraction of sp³-hybridized carbons (Fsp3) is 0.176. The Hall–Kier alpha value is -2.62. The predicted octanol–water partition coefficient (Wildman–Crippen LogP) is 3.51. The van der Waals surface area contributed by atoms with Gasteiger partial charge in [0.25, 0.3) is 0 Å². The third-order valence-corrected chi connectivity index (χ3v) is 3.39. The summed E-state index contributed by atoms with van der Waals surface area (Å²) >= 11 is 0. The molecule has 0 saturated heterocycles. The average Bonchev–Trinajstić information content (AvgIpc) is 2.86. The second-order valence-corrected chi connectivity index (χ2v) is 4.92. The molecule has 3 rings (SSSR count). The summed E-state index contributed by atoms with van der Waals surface area (Å²) < 4.78 is 2.03. The first-order chi connectivity index (χ1) is 10.3. The van der Waals surface area contributed by atoms with Crippen LogP contribution in [0.25, 0.3) is 11.0 Å². The largest absolute Gasteiger partial charge is 0.391 e. The zero-order valence-corrected chi connectivity index (χ0v) is 12.2. The van der Waals surface area contributed by atoms with Crippen LogP contribution in [0.2, 0.25) is 0 Å². The van der Waals surface area contributed by atoms with Gasteiger partial charge in [0.05, 0.1) is 11.0 Å². The Morgan fingerprint density at radius 1 is 1.10 bits per heavy atom. The summed E-state index contributed by atoms with van der Waals surface area (Å²) in [5.41, 5.74) is 3.92. The third kappa shape index (κ3) is 2.79. The molecule has 2 aromatic carbocycles. The van der Waals surface area contributed by atoms with Gasteiger partial charge in [-0.1, -0.05) is 47.6 Å². The number of rotatable bonds is 4. The molecule has 21 heavy (non-hydrogen) atoms. The summed E-state index contributed by atoms with van der Waals surface area (Å²) in [6.45, 7) is 2.37. The maximum Gasteiger partial charge on any atom is 0.158 e. The smallest absolute Gasteiger partial charge is 0.158 e. The number of aromatic nitrogens is 2. The van der Waals surface area contributed by atoms with E-state index in [-0.39, 0.29) is 0 Å². The van der Waals surface area contributed by atoms with Crippen LogP contribution in [0.5, 0.6) is 0 Å². The van der Waals surface area contributed by atoms with E-state index in [9.17, 15) is 0 Å². The summed E-state index contributed by atoms with van der Waals surface area (Å²) in [6, 6.07) is 18.0. The van der Waals surface area contributed by atoms with Gasteiger partial charge in [-0.3, -0.25) is 0 Å². The van der Waals surface area contributed by atoms with Crippen LogP contribution in [0.4, 0.5) is 0 Å². The number of para-hydroxylation sites is 2. The van der Waals surface area contributed by atoms with Gasteiger partial charge < -0.3 is 9.40 Å². The maximum atomic E-state index is 5.42. The first kappa shape index (κ1) is 13.4. The summed E-state index contributed by atoms with van der Waals surface area (Å²) in [5.74, 6) is 0.823. The Labute approximate surface area is 123 Å². The van der Waals surface area contributed by atoms with E-state index in [1.54, 1.807) is 0 Å². The van der Waals surface area contributed by atoms with Crippen LogP contribution in [0.3, 0.4) is 0 Å². The molecule has 0 unspecified atom stereocenters. The molecule has 0 fully saturated rings. The van der Waals surface area contributed by atoms with E-state index in [0.717, 1.165) is 28.1 Å². The van der Waals surface area contributed by atoms with Crippen molar-refractivity contribution < 1.29 is 4.84 Å². The van der Waals surface area contributed by atoms with Crippen LogP contribution in [0.15, 0.2) is 59.8 Å². The molecule has 4 heteroatoms. The molecule has 0 aliphatic rings. The standard InChI is InChI=1S/C17H17N3O/c1-13(19-21-12-14-8-4-3-5-9-14)17-18-15-10-6-7-11-16(15)20(17)2/h3-11H,12H2,1-2H3. The molecule has 1 heterocycles. The molecule has 0 bridgehead atoms. The van der Waals surface area contributed by atoms with Gasteiger partial charge in [-0.2, -0.15) is 0 Å². The molecule has 0 aliphatic carbocycles. The van der Waals surface area contributed by atoms with Crippen LogP contribution < -0.4 is 0 Å². The minimum absolute atomic E-state index is 0.460. The van der Waals surface area contributed by atoms with Crippen molar-refractivity contribution >= 4 is 16.7 Å². The minimum Gasteiger partial charge on any atom is -0.391 e. The van der Waals surface area contributed by atoms with Crippen molar-refractivity contribution in [1.82, 2.24) is 9.55 Å². The minimum atomic E-state index is 0.460. The summed E-state index contributed by atoms with van der Waals surface area (Å²) in [5, 5.41) is 4.18. The monoisotopic (exact) mass is 279 g/mol. The highest BCUT2D eigenvalue weighted by molar-refractivity contribution is 5.98. The van der Waals surface area contributed by atoms with Crippen molar-refractivity contribution in [2.75, 3.05) is 0 Å². The van der Waals surface area contributed by atoms with E-state index in [4.69, 9.17) is 4.84 Å². The quantitative estimate of drug-likeness (QED) is 0.541. The lowest BCUT2D eigenvalue weighted by Crippen LogP contribution is -2.05. The molecule has 0 radical (unpaired) electrons. The van der Waals surface area contributed by atoms with Crippen LogP contribution in [-0.4, -0.2) is 15.3 Å². The van der Waals surface area contributed by atoms with Crippen molar-refractivity contribution in [3.63, 3.8) is 0 Å². The molecule has 0 atom stereocenters. The lowest BCUT2D eigenvalue weighted by Gasteiger charge is -2.03. The van der Waals surface area contributed by atoms with Crippen molar-refractivity contribution in [1.29, 1.82) is 0 Å². The highest BCUT2D eigenvalue weighted by atomic mass is 16.6. The van der Waals surface area contributed by atoms with Crippen molar-refractivity contribution in [3.05, 3.63) is 66.0 Å². The van der Waals surface area contributed by atoms with Gasteiger partial charge in [-0.15, -0.1) is 0 Å². The number of oxime groups is 1. The van der Waals surface area contributed by atoms with Gasteiger partial charge in [0.15, 0.2) is 5.82 Å². The molecule has 1 aromatic heterocycles. The third-order valence-electron chi connectivity index (χ3n) is 3.39. The van der Waals surface area contributed by atoms with Crippen LogP contribution >= 0.6 is 0 Å². The first-order valence-corrected chi connectivity index (χ1v) is 6.88. The number of hydrogen-bond donors (Lipinski definition) is 0. The van der Waals surface area contributed by atoms with Gasteiger partial charge in [0, 0.05) is 7.05 Å². The Morgan fingerprint density at radius 3 is 2.57 bits per heavy atom. The Balaban J connectivity index is 1.78. The van der Waals surface area contributed by atoms with Gasteiger partial charge in [-0.25, -0.2) is 4.98 Å². The number of hydrogen-bond acceptors (Lipinski definition) is 3. The fourth-order valence-corrected chi connectivity index (χ4v) is 2.29. The molecular formula is C17H17N3O. The molecule has 3 aromatic rings. The SMILES string of the molecule is CC(=NOCc1ccccc1)c1nc2ccccc2n1C. The first-order valence-electron chi connectivity index (χ1n) is 6.88. The average molecular weight is 279 g/mol. The van der Waals surface area contributed by atoms with Gasteiger partial charge >= 0.3 is 0 Å². The number of imidazole rings is 1. The second kappa shape index (κ2) is 5.79. The molecule has 0 amide bonds. The molecule has 0 aliphatic heterocycles. The van der Waals surface area contributed by atoms with Gasteiger partial charge in [0.2, 0.25) is 0 Å². The molecule has 0 spiro atoms. The molecule has 4 nitrogen and oxygen atoms in total. The summed E-state index contributed by atoms with van der Waals surface area (Å²) in [4.78, 5) is 10.0. The number of nitrogens with zero attached hydrogens (tertiary/aromatic N) is 3. The predicted molar refractivity (Wildman–Crippen MR) is 84.2 cm³/mol. The van der Waals surface area contributed by atoms with E-state index in [0.29, 0.717) is 6.61 Å². The molecular weight excluding hydrogens is 262 g/mol. The van der Waals surface area contributed by atoms with Crippen LogP contribution in [0, 0.1) is 0 Å². The topological polar surface area (TPSA) is 39.4 Å². The highest BCUT2D eigenvalue weighted by Gasteiger charge is 2.10. The number of fused-ring (bicyclic) bond motifs is 1. The van der Waals surface area contributed by atoms with E-state index >= 15 is 0 Å². The fourth-order valence-electron chi connectivity index (χ4n) is 2.29. The summed E-state index contributed by atoms with van der Waals surface area (Å²) in [6.07, 6.45) is 0. The lowest BCUT2D eigenvalue weighted by molar-refractivity contribution is 0.130.